The van der Waals surface area contributed by atoms with Crippen LogP contribution >= 0.6 is 0 Å². The van der Waals surface area contributed by atoms with Gasteiger partial charge in [-0.3, -0.25) is 0 Å². The molecule has 3 unspecified atom stereocenters. The number of rotatable bonds is 6. The Hall–Kier alpha value is -0.0400. The van der Waals surface area contributed by atoms with Crippen molar-refractivity contribution in [1.29, 1.82) is 0 Å². The molecule has 1 heteroatoms. The van der Waals surface area contributed by atoms with Gasteiger partial charge in [0, 0.05) is 6.61 Å². The monoisotopic (exact) mass is 266 g/mol. The van der Waals surface area contributed by atoms with Gasteiger partial charge in [-0.05, 0) is 30.6 Å². The molecule has 0 saturated heterocycles. The molecule has 1 aliphatic rings. The maximum Gasteiger partial charge on any atom is 0.0431 e. The van der Waals surface area contributed by atoms with Crippen LogP contribution in [-0.4, -0.2) is 11.7 Å². The maximum absolute atomic E-state index is 8.60. The van der Waals surface area contributed by atoms with Crippen LogP contribution in [0.1, 0.15) is 90.5 Å². The molecule has 0 aromatic rings. The molecule has 0 amide bonds. The third kappa shape index (κ3) is 11.1. The van der Waals surface area contributed by atoms with Crippen molar-refractivity contribution < 1.29 is 5.11 Å². The van der Waals surface area contributed by atoms with E-state index in [1.165, 1.54) is 25.7 Å². The lowest BCUT2D eigenvalue weighted by Gasteiger charge is -1.97. The Kier molecular flexibility index (Phi) is 38.7. The van der Waals surface area contributed by atoms with Crippen LogP contribution in [0.15, 0.2) is 0 Å². The summed E-state index contributed by atoms with van der Waals surface area (Å²) in [6.45, 7) is 5.05. The lowest BCUT2D eigenvalue weighted by molar-refractivity contribution is 0.282. The van der Waals surface area contributed by atoms with Crippen molar-refractivity contribution >= 4 is 0 Å². The lowest BCUT2D eigenvalue weighted by Crippen LogP contribution is -1.86. The van der Waals surface area contributed by atoms with Crippen molar-refractivity contribution in [2.45, 2.75) is 90.5 Å². The van der Waals surface area contributed by atoms with Crippen molar-refractivity contribution in [3.8, 4) is 0 Å². The summed E-state index contributed by atoms with van der Waals surface area (Å²) in [5.74, 6) is 3.04. The van der Waals surface area contributed by atoms with Gasteiger partial charge in [0.15, 0.2) is 0 Å². The molecule has 0 heterocycles. The summed E-state index contributed by atoms with van der Waals surface area (Å²) in [5.41, 5.74) is 0. The zero-order chi connectivity index (χ0) is 8.97. The largest absolute Gasteiger partial charge is 0.396 e. The second-order valence-electron chi connectivity index (χ2n) is 4.17. The van der Waals surface area contributed by atoms with E-state index in [4.69, 9.17) is 5.11 Å². The number of aliphatic hydroxyl groups excluding tert-OH is 1. The molecule has 1 saturated carbocycles. The first-order valence-corrected chi connectivity index (χ1v) is 5.42. The summed E-state index contributed by atoms with van der Waals surface area (Å²) in [6.07, 6.45) is 6.31. The van der Waals surface area contributed by atoms with Gasteiger partial charge in [0.05, 0.1) is 0 Å². The minimum atomic E-state index is 0. The van der Waals surface area contributed by atoms with E-state index >= 15 is 0 Å². The Balaban J connectivity index is -0.0000000600. The molecule has 1 nitrogen and oxygen atoms in total. The number of unbranched alkanes of at least 4 members (excludes halogenated alkanes) is 2. The van der Waals surface area contributed by atoms with Gasteiger partial charge in [-0.1, -0.05) is 77.7 Å². The molecule has 0 bridgehead atoms. The van der Waals surface area contributed by atoms with Crippen LogP contribution in [0.5, 0.6) is 0 Å². The predicted molar refractivity (Wildman–Crippen MR) is 92.4 cm³/mol. The van der Waals surface area contributed by atoms with Crippen LogP contribution < -0.4 is 0 Å². The summed E-state index contributed by atoms with van der Waals surface area (Å²) >= 11 is 0. The van der Waals surface area contributed by atoms with Crippen LogP contribution in [0.4, 0.5) is 0 Å². The summed E-state index contributed by atoms with van der Waals surface area (Å²) < 4.78 is 0. The molecule has 0 aliphatic heterocycles. The van der Waals surface area contributed by atoms with E-state index in [2.05, 4.69) is 13.8 Å². The molecule has 0 aromatic carbocycles. The van der Waals surface area contributed by atoms with Crippen molar-refractivity contribution in [1.82, 2.24) is 0 Å². The molecule has 18 heavy (non-hydrogen) atoms. The Morgan fingerprint density at radius 3 is 1.61 bits per heavy atom. The van der Waals surface area contributed by atoms with Crippen molar-refractivity contribution in [2.24, 2.45) is 17.8 Å². The highest BCUT2D eigenvalue weighted by Crippen LogP contribution is 2.50. The Morgan fingerprint density at radius 1 is 0.778 bits per heavy atom. The number of hydrogen-bond acceptors (Lipinski definition) is 1. The minimum Gasteiger partial charge on any atom is -0.396 e. The Morgan fingerprint density at radius 2 is 1.28 bits per heavy atom. The van der Waals surface area contributed by atoms with Gasteiger partial charge in [0.2, 0.25) is 0 Å². The van der Waals surface area contributed by atoms with E-state index in [0.29, 0.717) is 6.61 Å². The van der Waals surface area contributed by atoms with Crippen molar-refractivity contribution in [3.63, 3.8) is 0 Å². The van der Waals surface area contributed by atoms with Gasteiger partial charge < -0.3 is 5.11 Å². The second kappa shape index (κ2) is 19.3. The lowest BCUT2D eigenvalue weighted by atomic mass is 10.1. The summed E-state index contributed by atoms with van der Waals surface area (Å²) in [7, 11) is 0. The van der Waals surface area contributed by atoms with E-state index in [0.717, 1.165) is 24.2 Å². The molecule has 0 aromatic heterocycles. The standard InChI is InChI=1S/C11H22O.6CH4/c1-3-10-9(2)11(10)7-5-4-6-8-12;;;;;;/h9-12H,3-8H2,1-2H3;6*1H4. The van der Waals surface area contributed by atoms with Crippen molar-refractivity contribution in [2.75, 3.05) is 6.61 Å². The maximum atomic E-state index is 8.60. The molecule has 1 aliphatic carbocycles. The Labute approximate surface area is 120 Å². The van der Waals surface area contributed by atoms with Crippen LogP contribution in [0.3, 0.4) is 0 Å². The van der Waals surface area contributed by atoms with Crippen LogP contribution in [0.2, 0.25) is 0 Å². The molecular formula is C17H46O. The molecule has 1 fully saturated rings. The SMILES string of the molecule is C.C.C.C.C.C.CCC1C(C)C1CCCCCO. The van der Waals surface area contributed by atoms with Crippen molar-refractivity contribution in [3.05, 3.63) is 0 Å². The van der Waals surface area contributed by atoms with Crippen LogP contribution in [0.25, 0.3) is 0 Å². The van der Waals surface area contributed by atoms with E-state index in [1.54, 1.807) is 0 Å². The smallest absolute Gasteiger partial charge is 0.0431 e. The summed E-state index contributed by atoms with van der Waals surface area (Å²) in [6, 6.07) is 0. The molecule has 1 N–H and O–H groups in total. The minimum absolute atomic E-state index is 0. The predicted octanol–water partition coefficient (Wildman–Crippen LogP) is 6.65. The zero-order valence-corrected chi connectivity index (χ0v) is 8.42. The van der Waals surface area contributed by atoms with E-state index in [1.807, 2.05) is 0 Å². The molecule has 3 atom stereocenters. The van der Waals surface area contributed by atoms with E-state index in [9.17, 15) is 0 Å². The van der Waals surface area contributed by atoms with Gasteiger partial charge >= 0.3 is 0 Å². The first kappa shape index (κ1) is 36.1. The van der Waals surface area contributed by atoms with Gasteiger partial charge in [-0.2, -0.15) is 0 Å². The average Bonchev–Trinajstić information content (AvgIpc) is 2.70. The summed E-state index contributed by atoms with van der Waals surface area (Å²) in [5, 5.41) is 8.60. The molecule has 0 radical (unpaired) electrons. The third-order valence-corrected chi connectivity index (χ3v) is 3.43. The molecule has 120 valence electrons. The normalized spacial score (nSPS) is 22.5. The number of aliphatic hydroxyl groups is 1. The van der Waals surface area contributed by atoms with E-state index < -0.39 is 0 Å². The van der Waals surface area contributed by atoms with Gasteiger partial charge in [0.25, 0.3) is 0 Å². The number of hydrogen-bond donors (Lipinski definition) is 1. The first-order chi connectivity index (χ1) is 5.81. The van der Waals surface area contributed by atoms with Gasteiger partial charge in [0.1, 0.15) is 0 Å². The highest BCUT2D eigenvalue weighted by atomic mass is 16.2. The van der Waals surface area contributed by atoms with Gasteiger partial charge in [-0.15, -0.1) is 0 Å². The fourth-order valence-electron chi connectivity index (χ4n) is 2.46. The Bertz CT molecular complexity index is 123. The molecule has 1 rings (SSSR count). The van der Waals surface area contributed by atoms with E-state index in [-0.39, 0.29) is 44.6 Å². The third-order valence-electron chi connectivity index (χ3n) is 3.43. The highest BCUT2D eigenvalue weighted by molar-refractivity contribution is 4.92. The zero-order valence-electron chi connectivity index (χ0n) is 8.42. The highest BCUT2D eigenvalue weighted by Gasteiger charge is 2.43. The van der Waals surface area contributed by atoms with Gasteiger partial charge in [-0.25, -0.2) is 0 Å². The van der Waals surface area contributed by atoms with Crippen LogP contribution in [0, 0.1) is 17.8 Å². The fourth-order valence-corrected chi connectivity index (χ4v) is 2.46. The first-order valence-electron chi connectivity index (χ1n) is 5.42. The fraction of sp³-hybridized carbons (Fsp3) is 1.00. The second-order valence-corrected chi connectivity index (χ2v) is 4.17. The topological polar surface area (TPSA) is 20.2 Å². The molecule has 0 spiro atoms. The molecular weight excluding hydrogens is 220 g/mol. The van der Waals surface area contributed by atoms with Crippen LogP contribution in [-0.2, 0) is 0 Å². The summed E-state index contributed by atoms with van der Waals surface area (Å²) in [4.78, 5) is 0. The quantitative estimate of drug-likeness (QED) is 0.534. The average molecular weight is 267 g/mol.